The number of hydrogen-bond acceptors (Lipinski definition) is 6. The van der Waals surface area contributed by atoms with E-state index >= 15 is 0 Å². The normalized spacial score (nSPS) is 12.4. The predicted molar refractivity (Wildman–Crippen MR) is 279 cm³/mol. The zero-order chi connectivity index (χ0) is 47.2. The quantitative estimate of drug-likeness (QED) is 0.0262. The first-order chi connectivity index (χ1) is 32.0. The van der Waals surface area contributed by atoms with Gasteiger partial charge in [-0.2, -0.15) is 0 Å². The van der Waals surface area contributed by atoms with Gasteiger partial charge >= 0.3 is 17.9 Å². The fourth-order valence-corrected chi connectivity index (χ4v) is 7.98. The van der Waals surface area contributed by atoms with Crippen molar-refractivity contribution in [2.45, 2.75) is 297 Å². The lowest BCUT2D eigenvalue weighted by Crippen LogP contribution is -2.30. The molecule has 0 aromatic rings. The molecule has 378 valence electrons. The molecule has 0 bridgehead atoms. The van der Waals surface area contributed by atoms with Gasteiger partial charge in [0, 0.05) is 19.3 Å². The molecule has 0 fully saturated rings. The molecule has 65 heavy (non-hydrogen) atoms. The maximum absolute atomic E-state index is 12.8. The Morgan fingerprint density at radius 1 is 0.308 bits per heavy atom. The van der Waals surface area contributed by atoms with Gasteiger partial charge in [0.15, 0.2) is 6.10 Å². The molecule has 0 saturated heterocycles. The van der Waals surface area contributed by atoms with Gasteiger partial charge in [0.1, 0.15) is 13.2 Å². The number of carbonyl (C=O) groups is 3. The Morgan fingerprint density at radius 3 is 0.908 bits per heavy atom. The highest BCUT2D eigenvalue weighted by atomic mass is 16.6. The fourth-order valence-electron chi connectivity index (χ4n) is 7.98. The molecule has 0 aromatic heterocycles. The summed E-state index contributed by atoms with van der Waals surface area (Å²) in [6.07, 6.45) is 65.2. The highest BCUT2D eigenvalue weighted by Gasteiger charge is 2.19. The number of hydrogen-bond donors (Lipinski definition) is 0. The third kappa shape index (κ3) is 52.2. The van der Waals surface area contributed by atoms with E-state index in [1.54, 1.807) is 0 Å². The van der Waals surface area contributed by atoms with Gasteiger partial charge in [-0.1, -0.05) is 223 Å². The smallest absolute Gasteiger partial charge is 0.306 e. The monoisotopic (exact) mass is 911 g/mol. The molecule has 0 rings (SSSR count). The van der Waals surface area contributed by atoms with Crippen LogP contribution in [0, 0.1) is 0 Å². The number of unbranched alkanes of at least 4 members (excludes halogenated alkanes) is 32. The zero-order valence-corrected chi connectivity index (χ0v) is 43.3. The Labute approximate surface area is 403 Å². The summed E-state index contributed by atoms with van der Waals surface area (Å²) in [5.41, 5.74) is 0. The number of allylic oxidation sites excluding steroid dienone is 8. The van der Waals surface area contributed by atoms with Gasteiger partial charge in [-0.3, -0.25) is 14.4 Å². The predicted octanol–water partition coefficient (Wildman–Crippen LogP) is 18.7. The fraction of sp³-hybridized carbons (Fsp3) is 0.814. The van der Waals surface area contributed by atoms with E-state index in [1.165, 1.54) is 161 Å². The van der Waals surface area contributed by atoms with E-state index in [4.69, 9.17) is 14.2 Å². The minimum Gasteiger partial charge on any atom is -0.462 e. The molecule has 1 atom stereocenters. The first-order valence-electron chi connectivity index (χ1n) is 28.1. The van der Waals surface area contributed by atoms with Crippen LogP contribution in [0.3, 0.4) is 0 Å². The topological polar surface area (TPSA) is 78.9 Å². The minimum atomic E-state index is -0.783. The van der Waals surface area contributed by atoms with Gasteiger partial charge in [0.2, 0.25) is 0 Å². The van der Waals surface area contributed by atoms with Crippen molar-refractivity contribution in [1.82, 2.24) is 0 Å². The van der Waals surface area contributed by atoms with Crippen molar-refractivity contribution in [2.24, 2.45) is 0 Å². The molecule has 6 nitrogen and oxygen atoms in total. The molecular weight excluding hydrogens is 805 g/mol. The summed E-state index contributed by atoms with van der Waals surface area (Å²) in [6.45, 7) is 6.59. The van der Waals surface area contributed by atoms with Crippen molar-refractivity contribution in [3.05, 3.63) is 48.6 Å². The van der Waals surface area contributed by atoms with Gasteiger partial charge in [-0.15, -0.1) is 0 Å². The Balaban J connectivity index is 4.36. The summed E-state index contributed by atoms with van der Waals surface area (Å²) in [4.78, 5) is 38.1. The molecule has 0 heterocycles. The Hall–Kier alpha value is -2.63. The number of esters is 3. The minimum absolute atomic E-state index is 0.0812. The lowest BCUT2D eigenvalue weighted by Gasteiger charge is -2.18. The summed E-state index contributed by atoms with van der Waals surface area (Å²) >= 11 is 0. The molecule has 0 aliphatic carbocycles. The third-order valence-corrected chi connectivity index (χ3v) is 12.3. The highest BCUT2D eigenvalue weighted by Crippen LogP contribution is 2.15. The second-order valence-electron chi connectivity index (χ2n) is 18.8. The van der Waals surface area contributed by atoms with Crippen molar-refractivity contribution in [1.29, 1.82) is 0 Å². The van der Waals surface area contributed by atoms with Crippen LogP contribution >= 0.6 is 0 Å². The Morgan fingerprint density at radius 2 is 0.569 bits per heavy atom. The van der Waals surface area contributed by atoms with Crippen LogP contribution in [-0.4, -0.2) is 37.2 Å². The summed E-state index contributed by atoms with van der Waals surface area (Å²) in [6, 6.07) is 0. The van der Waals surface area contributed by atoms with E-state index < -0.39 is 6.10 Å². The van der Waals surface area contributed by atoms with Crippen molar-refractivity contribution < 1.29 is 28.6 Å². The van der Waals surface area contributed by atoms with Crippen LogP contribution in [0.25, 0.3) is 0 Å². The van der Waals surface area contributed by atoms with Crippen LogP contribution in [0.15, 0.2) is 48.6 Å². The lowest BCUT2D eigenvalue weighted by molar-refractivity contribution is -0.167. The molecule has 0 aliphatic rings. The number of rotatable bonds is 51. The second-order valence-corrected chi connectivity index (χ2v) is 18.8. The van der Waals surface area contributed by atoms with Gasteiger partial charge in [-0.05, 0) is 96.3 Å². The largest absolute Gasteiger partial charge is 0.462 e. The highest BCUT2D eigenvalue weighted by molar-refractivity contribution is 5.71. The second kappa shape index (κ2) is 54.0. The Kier molecular flexibility index (Phi) is 51.8. The summed E-state index contributed by atoms with van der Waals surface area (Å²) in [7, 11) is 0. The molecular formula is C59H106O6. The average Bonchev–Trinajstić information content (AvgIpc) is 3.30. The van der Waals surface area contributed by atoms with Crippen molar-refractivity contribution in [3.63, 3.8) is 0 Å². The molecule has 0 saturated carbocycles. The zero-order valence-electron chi connectivity index (χ0n) is 43.3. The first-order valence-corrected chi connectivity index (χ1v) is 28.1. The van der Waals surface area contributed by atoms with Crippen molar-refractivity contribution in [2.75, 3.05) is 13.2 Å². The lowest BCUT2D eigenvalue weighted by atomic mass is 10.1. The molecule has 0 radical (unpaired) electrons. The van der Waals surface area contributed by atoms with E-state index in [1.807, 2.05) is 0 Å². The van der Waals surface area contributed by atoms with Crippen LogP contribution in [0.5, 0.6) is 0 Å². The summed E-state index contributed by atoms with van der Waals surface area (Å²) in [5.74, 6) is -0.896. The van der Waals surface area contributed by atoms with Crippen LogP contribution in [0.2, 0.25) is 0 Å². The maximum Gasteiger partial charge on any atom is 0.306 e. The Bertz CT molecular complexity index is 1140. The van der Waals surface area contributed by atoms with Crippen LogP contribution < -0.4 is 0 Å². The van der Waals surface area contributed by atoms with Crippen molar-refractivity contribution >= 4 is 17.9 Å². The van der Waals surface area contributed by atoms with Crippen LogP contribution in [-0.2, 0) is 28.6 Å². The van der Waals surface area contributed by atoms with E-state index in [0.29, 0.717) is 19.3 Å². The molecule has 0 N–H and O–H groups in total. The summed E-state index contributed by atoms with van der Waals surface area (Å²) < 4.78 is 16.8. The summed E-state index contributed by atoms with van der Waals surface area (Å²) in [5, 5.41) is 0. The molecule has 1 unspecified atom stereocenters. The van der Waals surface area contributed by atoms with E-state index in [-0.39, 0.29) is 31.1 Å². The standard InChI is InChI=1S/C59H106O6/c1-4-7-10-13-16-19-22-25-28-29-30-31-32-35-37-40-43-46-49-52-58(61)64-55-56(65-59(62)53-50-47-44-41-38-34-27-24-21-18-15-12-9-6-3)54-63-57(60)51-48-45-42-39-36-33-26-23-20-17-14-11-8-5-2/h15,18,23-28,56H,4-14,16-17,19-22,29-55H2,1-3H3/b18-15-,26-23-,27-24-,28-25-. The van der Waals surface area contributed by atoms with Crippen LogP contribution in [0.4, 0.5) is 0 Å². The van der Waals surface area contributed by atoms with E-state index in [9.17, 15) is 14.4 Å². The molecule has 0 spiro atoms. The molecule has 0 aliphatic heterocycles. The van der Waals surface area contributed by atoms with E-state index in [0.717, 1.165) is 89.9 Å². The average molecular weight is 911 g/mol. The van der Waals surface area contributed by atoms with Crippen molar-refractivity contribution in [3.8, 4) is 0 Å². The van der Waals surface area contributed by atoms with Gasteiger partial charge in [0.25, 0.3) is 0 Å². The number of carbonyl (C=O) groups excluding carboxylic acids is 3. The number of ether oxygens (including phenoxy) is 3. The van der Waals surface area contributed by atoms with E-state index in [2.05, 4.69) is 69.4 Å². The maximum atomic E-state index is 12.8. The molecule has 0 aromatic carbocycles. The molecule has 0 amide bonds. The molecule has 6 heteroatoms. The van der Waals surface area contributed by atoms with Crippen LogP contribution in [0.1, 0.15) is 290 Å². The van der Waals surface area contributed by atoms with Gasteiger partial charge in [-0.25, -0.2) is 0 Å². The SMILES string of the molecule is CCCC/C=C\C/C=C\CCCCCCCC(=O)OC(COC(=O)CCCCCCC/C=C\CCCCCCC)COC(=O)CCCCCCCCCCC/C=C\CCCCCCCC. The van der Waals surface area contributed by atoms with Gasteiger partial charge < -0.3 is 14.2 Å². The third-order valence-electron chi connectivity index (χ3n) is 12.3. The van der Waals surface area contributed by atoms with Gasteiger partial charge in [0.05, 0.1) is 0 Å². The first kappa shape index (κ1) is 62.4.